The topological polar surface area (TPSA) is 73.2 Å². The molecule has 0 saturated heterocycles. The maximum absolute atomic E-state index is 13.5. The van der Waals surface area contributed by atoms with Gasteiger partial charge in [0.05, 0.1) is 5.92 Å². The van der Waals surface area contributed by atoms with E-state index in [-0.39, 0.29) is 35.1 Å². The molecule has 0 bridgehead atoms. The van der Waals surface area contributed by atoms with Gasteiger partial charge in [0.15, 0.2) is 5.15 Å². The van der Waals surface area contributed by atoms with Crippen molar-refractivity contribution in [1.82, 2.24) is 9.55 Å². The van der Waals surface area contributed by atoms with Crippen LogP contribution in [-0.2, 0) is 20.9 Å². The van der Waals surface area contributed by atoms with Gasteiger partial charge in [0.1, 0.15) is 18.1 Å². The van der Waals surface area contributed by atoms with Crippen LogP contribution in [0.1, 0.15) is 23.6 Å². The van der Waals surface area contributed by atoms with E-state index in [0.29, 0.717) is 16.9 Å². The van der Waals surface area contributed by atoms with Crippen LogP contribution in [0.2, 0.25) is 10.4 Å². The molecule has 1 aliphatic rings. The molecule has 2 heterocycles. The zero-order chi connectivity index (χ0) is 20.5. The molecule has 1 amide bonds. The van der Waals surface area contributed by atoms with E-state index < -0.39 is 17.7 Å². The lowest BCUT2D eigenvalue weighted by atomic mass is 9.90. The fraction of sp³-hybridized carbons (Fsp3) is 0.150. The van der Waals surface area contributed by atoms with Gasteiger partial charge < -0.3 is 10.1 Å². The number of para-hydroxylation sites is 1. The van der Waals surface area contributed by atoms with Crippen molar-refractivity contribution >= 4 is 40.8 Å². The first-order chi connectivity index (χ1) is 13.9. The smallest absolute Gasteiger partial charge is 0.314 e. The van der Waals surface area contributed by atoms with Gasteiger partial charge in [0.2, 0.25) is 11.2 Å². The number of hydrogen-bond donors (Lipinski definition) is 1. The maximum Gasteiger partial charge on any atom is 0.314 e. The van der Waals surface area contributed by atoms with E-state index in [1.165, 1.54) is 18.2 Å². The first-order valence-electron chi connectivity index (χ1n) is 8.68. The highest BCUT2D eigenvalue weighted by atomic mass is 35.5. The van der Waals surface area contributed by atoms with Crippen molar-refractivity contribution in [3.63, 3.8) is 0 Å². The number of rotatable bonds is 4. The van der Waals surface area contributed by atoms with Crippen LogP contribution in [0.4, 0.5) is 10.1 Å². The standard InChI is InChI=1S/C20H14Cl2FN3O3/c21-18-16(26(20(22)25-18)12-4-2-1-3-5-12)10-29-19(28)14-9-17(27)24-15-8-11(23)6-7-13(14)15/h1-8,14H,9-10H2,(H,24,27). The molecule has 1 aromatic heterocycles. The van der Waals surface area contributed by atoms with Crippen molar-refractivity contribution in [2.45, 2.75) is 18.9 Å². The highest BCUT2D eigenvalue weighted by molar-refractivity contribution is 6.33. The average Bonchev–Trinajstić information content (AvgIpc) is 2.98. The van der Waals surface area contributed by atoms with Gasteiger partial charge in [-0.3, -0.25) is 14.2 Å². The second kappa shape index (κ2) is 7.85. The van der Waals surface area contributed by atoms with Crippen molar-refractivity contribution in [3.8, 4) is 5.69 Å². The fourth-order valence-electron chi connectivity index (χ4n) is 3.25. The summed E-state index contributed by atoms with van der Waals surface area (Å²) in [4.78, 5) is 28.7. The van der Waals surface area contributed by atoms with Crippen LogP contribution in [0.3, 0.4) is 0 Å². The minimum Gasteiger partial charge on any atom is -0.459 e. The third-order valence-corrected chi connectivity index (χ3v) is 5.14. The molecular formula is C20H14Cl2FN3O3. The number of benzene rings is 2. The number of hydrogen-bond acceptors (Lipinski definition) is 4. The number of fused-ring (bicyclic) bond motifs is 1. The van der Waals surface area contributed by atoms with E-state index in [9.17, 15) is 14.0 Å². The number of nitrogens with one attached hydrogen (secondary N) is 1. The molecule has 9 heteroatoms. The lowest BCUT2D eigenvalue weighted by molar-refractivity contribution is -0.148. The number of carbonyl (C=O) groups is 2. The van der Waals surface area contributed by atoms with Crippen molar-refractivity contribution in [3.05, 3.63) is 76.0 Å². The molecule has 29 heavy (non-hydrogen) atoms. The summed E-state index contributed by atoms with van der Waals surface area (Å²) in [6, 6.07) is 13.0. The Morgan fingerprint density at radius 2 is 2.00 bits per heavy atom. The van der Waals surface area contributed by atoms with Gasteiger partial charge in [-0.2, -0.15) is 0 Å². The lowest BCUT2D eigenvalue weighted by Crippen LogP contribution is -2.28. The van der Waals surface area contributed by atoms with Gasteiger partial charge in [0.25, 0.3) is 0 Å². The Labute approximate surface area is 175 Å². The van der Waals surface area contributed by atoms with Crippen molar-refractivity contribution in [2.75, 3.05) is 5.32 Å². The highest BCUT2D eigenvalue weighted by Crippen LogP contribution is 2.34. The van der Waals surface area contributed by atoms with Crippen LogP contribution in [0.25, 0.3) is 5.69 Å². The molecule has 1 N–H and O–H groups in total. The number of aromatic nitrogens is 2. The number of anilines is 1. The van der Waals surface area contributed by atoms with E-state index in [1.54, 1.807) is 4.57 Å². The van der Waals surface area contributed by atoms with Crippen LogP contribution < -0.4 is 5.32 Å². The maximum atomic E-state index is 13.5. The summed E-state index contributed by atoms with van der Waals surface area (Å²) in [6.07, 6.45) is -0.0934. The van der Waals surface area contributed by atoms with Gasteiger partial charge in [-0.05, 0) is 41.4 Å². The summed E-state index contributed by atoms with van der Waals surface area (Å²) in [7, 11) is 0. The Bertz CT molecular complexity index is 1100. The monoisotopic (exact) mass is 433 g/mol. The second-order valence-corrected chi connectivity index (χ2v) is 7.13. The van der Waals surface area contributed by atoms with Crippen LogP contribution >= 0.6 is 23.2 Å². The molecule has 0 radical (unpaired) electrons. The zero-order valence-electron chi connectivity index (χ0n) is 14.9. The molecule has 3 aromatic rings. The summed E-state index contributed by atoms with van der Waals surface area (Å²) in [5.41, 5.74) is 1.87. The summed E-state index contributed by atoms with van der Waals surface area (Å²) in [6.45, 7) is -0.194. The predicted molar refractivity (Wildman–Crippen MR) is 106 cm³/mol. The largest absolute Gasteiger partial charge is 0.459 e. The molecule has 148 valence electrons. The molecule has 0 aliphatic carbocycles. The third-order valence-electron chi connectivity index (χ3n) is 4.59. The summed E-state index contributed by atoms with van der Waals surface area (Å²) in [5, 5.41) is 2.80. The minimum atomic E-state index is -0.846. The second-order valence-electron chi connectivity index (χ2n) is 6.43. The number of amides is 1. The third kappa shape index (κ3) is 3.83. The molecule has 0 spiro atoms. The summed E-state index contributed by atoms with van der Waals surface area (Å²) >= 11 is 12.4. The highest BCUT2D eigenvalue weighted by Gasteiger charge is 2.32. The fourth-order valence-corrected chi connectivity index (χ4v) is 3.80. The van der Waals surface area contributed by atoms with Crippen LogP contribution in [0.5, 0.6) is 0 Å². The molecule has 1 atom stereocenters. The normalized spacial score (nSPS) is 15.6. The van der Waals surface area contributed by atoms with Gasteiger partial charge >= 0.3 is 5.97 Å². The van der Waals surface area contributed by atoms with Gasteiger partial charge in [-0.1, -0.05) is 35.9 Å². The number of ether oxygens (including phenoxy) is 1. The Balaban J connectivity index is 1.58. The molecule has 1 unspecified atom stereocenters. The van der Waals surface area contributed by atoms with E-state index in [0.717, 1.165) is 0 Å². The first-order valence-corrected chi connectivity index (χ1v) is 9.43. The Morgan fingerprint density at radius 3 is 2.76 bits per heavy atom. The van der Waals surface area contributed by atoms with E-state index in [4.69, 9.17) is 27.9 Å². The number of halogens is 3. The number of esters is 1. The molecule has 0 saturated carbocycles. The molecule has 1 aliphatic heterocycles. The first kappa shape index (κ1) is 19.4. The van der Waals surface area contributed by atoms with Crippen LogP contribution in [0, 0.1) is 5.82 Å². The zero-order valence-corrected chi connectivity index (χ0v) is 16.4. The van der Waals surface area contributed by atoms with Crippen LogP contribution in [-0.4, -0.2) is 21.4 Å². The molecule has 2 aromatic carbocycles. The molecule has 4 rings (SSSR count). The number of nitrogens with zero attached hydrogens (tertiary/aromatic N) is 2. The Morgan fingerprint density at radius 1 is 1.24 bits per heavy atom. The Hall–Kier alpha value is -2.90. The molecule has 0 fully saturated rings. The summed E-state index contributed by atoms with van der Waals surface area (Å²) in [5.74, 6) is -2.37. The Kier molecular flexibility index (Phi) is 5.25. The SMILES string of the molecule is O=C1CC(C(=O)OCc2c(Cl)nc(Cl)n2-c2ccccc2)c2ccc(F)cc2N1. The van der Waals surface area contributed by atoms with Crippen molar-refractivity contribution in [1.29, 1.82) is 0 Å². The minimum absolute atomic E-state index is 0.0934. The van der Waals surface area contributed by atoms with Gasteiger partial charge in [-0.15, -0.1) is 0 Å². The molecular weight excluding hydrogens is 420 g/mol. The van der Waals surface area contributed by atoms with E-state index in [1.807, 2.05) is 30.3 Å². The van der Waals surface area contributed by atoms with E-state index in [2.05, 4.69) is 10.3 Å². The average molecular weight is 434 g/mol. The number of imidazole rings is 1. The van der Waals surface area contributed by atoms with Crippen molar-refractivity contribution < 1.29 is 18.7 Å². The lowest BCUT2D eigenvalue weighted by Gasteiger charge is -2.24. The number of carbonyl (C=O) groups excluding carboxylic acids is 2. The van der Waals surface area contributed by atoms with Gasteiger partial charge in [0, 0.05) is 17.8 Å². The van der Waals surface area contributed by atoms with Crippen molar-refractivity contribution in [2.24, 2.45) is 0 Å². The summed E-state index contributed by atoms with van der Waals surface area (Å²) < 4.78 is 20.5. The van der Waals surface area contributed by atoms with Crippen LogP contribution in [0.15, 0.2) is 48.5 Å². The molecule has 6 nitrogen and oxygen atoms in total. The predicted octanol–water partition coefficient (Wildman–Crippen LogP) is 4.49. The van der Waals surface area contributed by atoms with Gasteiger partial charge in [-0.25, -0.2) is 9.37 Å². The van der Waals surface area contributed by atoms with E-state index >= 15 is 0 Å². The quantitative estimate of drug-likeness (QED) is 0.615.